The second-order valence-corrected chi connectivity index (χ2v) is 10.1. The summed E-state index contributed by atoms with van der Waals surface area (Å²) in [5.74, 6) is 0.944. The second-order valence-electron chi connectivity index (χ2n) is 7.48. The van der Waals surface area contributed by atoms with Crippen molar-refractivity contribution < 1.29 is 9.53 Å². The number of hydrogen-bond acceptors (Lipinski definition) is 3. The van der Waals surface area contributed by atoms with E-state index in [4.69, 9.17) is 39.5 Å². The van der Waals surface area contributed by atoms with Gasteiger partial charge in [0.2, 0.25) is 0 Å². The van der Waals surface area contributed by atoms with Gasteiger partial charge in [0, 0.05) is 20.3 Å². The van der Waals surface area contributed by atoms with Gasteiger partial charge in [-0.3, -0.25) is 0 Å². The maximum atomic E-state index is 11.6. The topological polar surface area (TPSA) is 26.3 Å². The lowest BCUT2D eigenvalue weighted by Gasteiger charge is -2.22. The molecule has 1 aliphatic rings. The molecule has 6 heteroatoms. The van der Waals surface area contributed by atoms with E-state index in [2.05, 4.69) is 0 Å². The van der Waals surface area contributed by atoms with Crippen molar-refractivity contribution >= 4 is 52.1 Å². The molecule has 0 saturated heterocycles. The van der Waals surface area contributed by atoms with Gasteiger partial charge in [-0.1, -0.05) is 23.2 Å². The average molecular weight is 460 g/mol. The molecule has 0 radical (unpaired) electrons. The molecule has 152 valence electrons. The van der Waals surface area contributed by atoms with Crippen LogP contribution in [-0.2, 0) is 17.6 Å². The van der Waals surface area contributed by atoms with Crippen LogP contribution in [-0.4, -0.2) is 18.5 Å². The maximum Gasteiger partial charge on any atom is 0.348 e. The van der Waals surface area contributed by atoms with Crippen LogP contribution >= 0.6 is 46.1 Å². The van der Waals surface area contributed by atoms with Crippen LogP contribution in [0.5, 0.6) is 0 Å². The molecule has 0 amide bonds. The number of ether oxygens (including phenoxy) is 1. The minimum absolute atomic E-state index is 0.256. The molecule has 1 heterocycles. The summed E-state index contributed by atoms with van der Waals surface area (Å²) in [6.45, 7) is 0. The molecule has 1 fully saturated rings. The van der Waals surface area contributed by atoms with Crippen LogP contribution in [0.3, 0.4) is 0 Å². The summed E-state index contributed by atoms with van der Waals surface area (Å²) < 4.78 is 4.78. The predicted octanol–water partition coefficient (Wildman–Crippen LogP) is 7.43. The predicted molar refractivity (Wildman–Crippen MR) is 119 cm³/mol. The van der Waals surface area contributed by atoms with Crippen LogP contribution in [0.15, 0.2) is 30.3 Å². The molecule has 3 atom stereocenters. The third kappa shape index (κ3) is 5.89. The van der Waals surface area contributed by atoms with Crippen molar-refractivity contribution in [1.29, 1.82) is 0 Å². The molecule has 0 N–H and O–H groups in total. The molecule has 0 unspecified atom stereocenters. The van der Waals surface area contributed by atoms with Crippen molar-refractivity contribution in [2.24, 2.45) is 11.8 Å². The number of methoxy groups -OCH3 is 1. The molecule has 1 aliphatic carbocycles. The van der Waals surface area contributed by atoms with E-state index >= 15 is 0 Å². The van der Waals surface area contributed by atoms with Gasteiger partial charge in [0.25, 0.3) is 0 Å². The number of hydrogen-bond donors (Lipinski definition) is 0. The fraction of sp³-hybridized carbons (Fsp3) is 0.500. The Kier molecular flexibility index (Phi) is 8.11. The van der Waals surface area contributed by atoms with E-state index < -0.39 is 0 Å². The lowest BCUT2D eigenvalue weighted by Crippen LogP contribution is -2.16. The van der Waals surface area contributed by atoms with Crippen LogP contribution in [0.2, 0.25) is 10.0 Å². The van der Waals surface area contributed by atoms with Gasteiger partial charge in [0.15, 0.2) is 0 Å². The number of rotatable bonds is 8. The van der Waals surface area contributed by atoms with E-state index in [1.807, 2.05) is 24.3 Å². The average Bonchev–Trinajstić information content (AvgIpc) is 3.26. The first-order chi connectivity index (χ1) is 13.5. The van der Waals surface area contributed by atoms with Gasteiger partial charge in [-0.05, 0) is 92.7 Å². The smallest absolute Gasteiger partial charge is 0.348 e. The van der Waals surface area contributed by atoms with Crippen LogP contribution in [0, 0.1) is 11.8 Å². The zero-order valence-corrected chi connectivity index (χ0v) is 19.0. The largest absolute Gasteiger partial charge is 0.465 e. The molecule has 2 aromatic rings. The fourth-order valence-corrected chi connectivity index (χ4v) is 6.21. The highest BCUT2D eigenvalue weighted by molar-refractivity contribution is 7.13. The highest BCUT2D eigenvalue weighted by Gasteiger charge is 2.33. The standard InChI is InChI=1S/C22H25Cl3O2S/c1-27-22(26)21-10-8-18(28-21)3-2-4-19-15(7-9-20(19)25)6-5-14-11-16(23)13-17(24)12-14/h8,10-13,15,19-20H,2-7,9H2,1H3/t15-,19+,20+/m0/s1. The molecule has 1 aromatic carbocycles. The van der Waals surface area contributed by atoms with Crippen molar-refractivity contribution in [3.63, 3.8) is 0 Å². The summed E-state index contributed by atoms with van der Waals surface area (Å²) >= 11 is 20.4. The minimum Gasteiger partial charge on any atom is -0.465 e. The zero-order valence-electron chi connectivity index (χ0n) is 15.9. The minimum atomic E-state index is -0.256. The summed E-state index contributed by atoms with van der Waals surface area (Å²) in [4.78, 5) is 13.5. The highest BCUT2D eigenvalue weighted by atomic mass is 35.5. The van der Waals surface area contributed by atoms with E-state index in [1.54, 1.807) is 6.07 Å². The molecule has 0 aliphatic heterocycles. The summed E-state index contributed by atoms with van der Waals surface area (Å²) in [6.07, 6.45) is 7.60. The van der Waals surface area contributed by atoms with E-state index in [0.29, 0.717) is 26.8 Å². The number of thiophene rings is 1. The highest BCUT2D eigenvalue weighted by Crippen LogP contribution is 2.41. The third-order valence-electron chi connectivity index (χ3n) is 5.62. The number of benzene rings is 1. The van der Waals surface area contributed by atoms with Crippen molar-refractivity contribution in [3.05, 3.63) is 55.7 Å². The summed E-state index contributed by atoms with van der Waals surface area (Å²) in [5, 5.41) is 1.66. The zero-order chi connectivity index (χ0) is 20.1. The molecular formula is C22H25Cl3O2S. The molecule has 0 spiro atoms. The SMILES string of the molecule is COC(=O)c1ccc(CCC[C@@H]2[C@@H](CCc3cc(Cl)cc(Cl)c3)CC[C@H]2Cl)s1. The quantitative estimate of drug-likeness (QED) is 0.303. The van der Waals surface area contributed by atoms with Crippen LogP contribution in [0.1, 0.15) is 52.2 Å². The number of aryl methyl sites for hydroxylation is 2. The fourth-order valence-electron chi connectivity index (χ4n) is 4.21. The van der Waals surface area contributed by atoms with Crippen LogP contribution in [0.4, 0.5) is 0 Å². The monoisotopic (exact) mass is 458 g/mol. The Morgan fingerprint density at radius 3 is 2.57 bits per heavy atom. The Morgan fingerprint density at radius 2 is 1.86 bits per heavy atom. The molecule has 1 saturated carbocycles. The van der Waals surface area contributed by atoms with Gasteiger partial charge >= 0.3 is 5.97 Å². The van der Waals surface area contributed by atoms with Gasteiger partial charge in [-0.2, -0.15) is 0 Å². The van der Waals surface area contributed by atoms with Crippen molar-refractivity contribution in [3.8, 4) is 0 Å². The summed E-state index contributed by atoms with van der Waals surface area (Å²) in [6, 6.07) is 9.67. The van der Waals surface area contributed by atoms with Crippen molar-refractivity contribution in [2.45, 2.75) is 50.3 Å². The van der Waals surface area contributed by atoms with Crippen LogP contribution in [0.25, 0.3) is 0 Å². The van der Waals surface area contributed by atoms with Gasteiger partial charge in [-0.25, -0.2) is 4.79 Å². The molecule has 1 aromatic heterocycles. The Labute approximate surface area is 186 Å². The Bertz CT molecular complexity index is 785. The Morgan fingerprint density at radius 1 is 1.11 bits per heavy atom. The lowest BCUT2D eigenvalue weighted by molar-refractivity contribution is 0.0606. The molecule has 3 rings (SSSR count). The number of carbonyl (C=O) groups excluding carboxylic acids is 1. The van der Waals surface area contributed by atoms with Crippen molar-refractivity contribution in [1.82, 2.24) is 0 Å². The number of carbonyl (C=O) groups is 1. The van der Waals surface area contributed by atoms with Gasteiger partial charge in [0.1, 0.15) is 4.88 Å². The first-order valence-corrected chi connectivity index (χ1v) is 11.7. The first kappa shape index (κ1) is 22.0. The molecular weight excluding hydrogens is 435 g/mol. The molecule has 2 nitrogen and oxygen atoms in total. The maximum absolute atomic E-state index is 11.6. The van der Waals surface area contributed by atoms with E-state index in [0.717, 1.165) is 38.5 Å². The Balaban J connectivity index is 1.50. The van der Waals surface area contributed by atoms with Crippen molar-refractivity contribution in [2.75, 3.05) is 7.11 Å². The summed E-state index contributed by atoms with van der Waals surface area (Å²) in [5.41, 5.74) is 1.20. The van der Waals surface area contributed by atoms with Gasteiger partial charge in [-0.15, -0.1) is 22.9 Å². The number of halogens is 3. The van der Waals surface area contributed by atoms with Crippen LogP contribution < -0.4 is 0 Å². The number of alkyl halides is 1. The van der Waals surface area contributed by atoms with E-state index in [1.165, 1.54) is 35.3 Å². The molecule has 28 heavy (non-hydrogen) atoms. The number of esters is 1. The lowest BCUT2D eigenvalue weighted by atomic mass is 9.86. The molecule has 0 bridgehead atoms. The van der Waals surface area contributed by atoms with Gasteiger partial charge in [0.05, 0.1) is 7.11 Å². The first-order valence-electron chi connectivity index (χ1n) is 9.72. The second kappa shape index (κ2) is 10.3. The van der Waals surface area contributed by atoms with E-state index in [-0.39, 0.29) is 11.3 Å². The normalized spacial score (nSPS) is 21.8. The van der Waals surface area contributed by atoms with Gasteiger partial charge < -0.3 is 4.74 Å². The summed E-state index contributed by atoms with van der Waals surface area (Å²) in [7, 11) is 1.42. The third-order valence-corrected chi connectivity index (χ3v) is 7.72. The Hall–Kier alpha value is -0.740. The van der Waals surface area contributed by atoms with E-state index in [9.17, 15) is 4.79 Å².